The van der Waals surface area contributed by atoms with Crippen molar-refractivity contribution in [1.29, 1.82) is 0 Å². The second-order valence-corrected chi connectivity index (χ2v) is 3.92. The van der Waals surface area contributed by atoms with Crippen molar-refractivity contribution >= 4 is 5.84 Å². The largest absolute Gasteiger partial charge is 0.362 e. The molecule has 2 rings (SSSR count). The molecule has 1 aliphatic heterocycles. The molecule has 0 radical (unpaired) electrons. The Morgan fingerprint density at radius 1 is 1.67 bits per heavy atom. The highest BCUT2D eigenvalue weighted by Crippen LogP contribution is 2.33. The van der Waals surface area contributed by atoms with Crippen molar-refractivity contribution in [3.05, 3.63) is 0 Å². The monoisotopic (exact) mass is 167 g/mol. The summed E-state index contributed by atoms with van der Waals surface area (Å²) in [5.41, 5.74) is 6.01. The van der Waals surface area contributed by atoms with Crippen molar-refractivity contribution in [2.24, 2.45) is 16.6 Å². The number of amidine groups is 1. The van der Waals surface area contributed by atoms with Gasteiger partial charge in [0, 0.05) is 26.1 Å². The molecule has 1 aliphatic carbocycles. The Morgan fingerprint density at radius 3 is 2.92 bits per heavy atom. The summed E-state index contributed by atoms with van der Waals surface area (Å²) < 4.78 is 0. The quantitative estimate of drug-likeness (QED) is 0.663. The maximum atomic E-state index is 6.01. The summed E-state index contributed by atoms with van der Waals surface area (Å²) in [4.78, 5) is 6.65. The number of aliphatic imine (C=N–C) groups is 1. The van der Waals surface area contributed by atoms with E-state index in [1.807, 2.05) is 0 Å². The Morgan fingerprint density at radius 2 is 2.42 bits per heavy atom. The average molecular weight is 167 g/mol. The summed E-state index contributed by atoms with van der Waals surface area (Å²) in [6, 6.07) is 0.365. The molecule has 68 valence electrons. The van der Waals surface area contributed by atoms with Gasteiger partial charge >= 0.3 is 0 Å². The molecule has 3 nitrogen and oxygen atoms in total. The molecule has 3 heteroatoms. The fourth-order valence-electron chi connectivity index (χ4n) is 1.70. The van der Waals surface area contributed by atoms with Crippen LogP contribution >= 0.6 is 0 Å². The first kappa shape index (κ1) is 8.05. The van der Waals surface area contributed by atoms with Crippen LogP contribution in [0.15, 0.2) is 4.99 Å². The van der Waals surface area contributed by atoms with Crippen molar-refractivity contribution in [1.82, 2.24) is 4.90 Å². The summed E-state index contributed by atoms with van der Waals surface area (Å²) in [6.07, 6.45) is 3.65. The molecule has 2 N–H and O–H groups in total. The highest BCUT2D eigenvalue weighted by molar-refractivity contribution is 5.84. The van der Waals surface area contributed by atoms with E-state index in [9.17, 15) is 0 Å². The van der Waals surface area contributed by atoms with Crippen LogP contribution in [0.25, 0.3) is 0 Å². The van der Waals surface area contributed by atoms with E-state index in [2.05, 4.69) is 16.9 Å². The second-order valence-electron chi connectivity index (χ2n) is 3.92. The minimum absolute atomic E-state index is 0.365. The van der Waals surface area contributed by atoms with Gasteiger partial charge in [-0.1, -0.05) is 0 Å². The van der Waals surface area contributed by atoms with E-state index < -0.39 is 0 Å². The smallest absolute Gasteiger partial charge is 0.100 e. The lowest BCUT2D eigenvalue weighted by molar-refractivity contribution is 0.520. The zero-order valence-electron chi connectivity index (χ0n) is 7.66. The predicted octanol–water partition coefficient (Wildman–Crippen LogP) is 0.458. The van der Waals surface area contributed by atoms with E-state index in [1.165, 1.54) is 18.7 Å². The summed E-state index contributed by atoms with van der Waals surface area (Å²) in [5.74, 6) is 2.01. The van der Waals surface area contributed by atoms with Crippen LogP contribution in [0.2, 0.25) is 0 Å². The molecule has 12 heavy (non-hydrogen) atoms. The highest BCUT2D eigenvalue weighted by Gasteiger charge is 2.30. The fourth-order valence-corrected chi connectivity index (χ4v) is 1.70. The average Bonchev–Trinajstić information content (AvgIpc) is 2.80. The van der Waals surface area contributed by atoms with Crippen LogP contribution in [-0.2, 0) is 0 Å². The minimum atomic E-state index is 0.365. The molecule has 0 spiro atoms. The van der Waals surface area contributed by atoms with Crippen molar-refractivity contribution < 1.29 is 0 Å². The molecule has 0 aromatic rings. The molecule has 1 unspecified atom stereocenters. The Balaban J connectivity index is 1.84. The van der Waals surface area contributed by atoms with Gasteiger partial charge in [-0.15, -0.1) is 0 Å². The summed E-state index contributed by atoms with van der Waals surface area (Å²) in [7, 11) is 2.10. The summed E-state index contributed by atoms with van der Waals surface area (Å²) in [5, 5.41) is 0. The predicted molar refractivity (Wildman–Crippen MR) is 50.2 cm³/mol. The number of rotatable bonds is 3. The van der Waals surface area contributed by atoms with Crippen molar-refractivity contribution in [2.45, 2.75) is 25.3 Å². The standard InChI is InChI=1S/C9H17N3/c1-12-5-4-11-9(12)6-8(10)7-2-3-7/h7-8H,2-6,10H2,1H3. The fraction of sp³-hybridized carbons (Fsp3) is 0.889. The van der Waals surface area contributed by atoms with Gasteiger partial charge in [0.15, 0.2) is 0 Å². The van der Waals surface area contributed by atoms with E-state index in [4.69, 9.17) is 5.73 Å². The lowest BCUT2D eigenvalue weighted by Crippen LogP contribution is -2.32. The Labute approximate surface area is 73.6 Å². The number of hydrogen-bond acceptors (Lipinski definition) is 3. The third-order valence-electron chi connectivity index (χ3n) is 2.82. The normalized spacial score (nSPS) is 25.8. The molecular weight excluding hydrogens is 150 g/mol. The van der Waals surface area contributed by atoms with Crippen LogP contribution in [0.4, 0.5) is 0 Å². The molecule has 1 heterocycles. The number of hydrogen-bond donors (Lipinski definition) is 1. The number of nitrogens with zero attached hydrogens (tertiary/aromatic N) is 2. The molecule has 2 aliphatic rings. The molecular formula is C9H17N3. The molecule has 0 saturated heterocycles. The topological polar surface area (TPSA) is 41.6 Å². The van der Waals surface area contributed by atoms with Gasteiger partial charge in [-0.25, -0.2) is 0 Å². The lowest BCUT2D eigenvalue weighted by atomic mass is 10.1. The van der Waals surface area contributed by atoms with Crippen LogP contribution in [0.3, 0.4) is 0 Å². The van der Waals surface area contributed by atoms with E-state index in [0.29, 0.717) is 6.04 Å². The van der Waals surface area contributed by atoms with E-state index in [1.54, 1.807) is 0 Å². The molecule has 1 atom stereocenters. The third-order valence-corrected chi connectivity index (χ3v) is 2.82. The van der Waals surface area contributed by atoms with Crippen LogP contribution in [0.1, 0.15) is 19.3 Å². The maximum Gasteiger partial charge on any atom is 0.100 e. The molecule has 0 aromatic carbocycles. The molecule has 0 amide bonds. The first-order valence-corrected chi connectivity index (χ1v) is 4.77. The number of nitrogens with two attached hydrogens (primary N) is 1. The second kappa shape index (κ2) is 3.05. The Hall–Kier alpha value is -0.570. The van der Waals surface area contributed by atoms with Crippen LogP contribution in [0, 0.1) is 5.92 Å². The lowest BCUT2D eigenvalue weighted by Gasteiger charge is -2.17. The van der Waals surface area contributed by atoms with Gasteiger partial charge in [-0.05, 0) is 18.8 Å². The zero-order valence-corrected chi connectivity index (χ0v) is 7.66. The highest BCUT2D eigenvalue weighted by atomic mass is 15.2. The van der Waals surface area contributed by atoms with Crippen molar-refractivity contribution in [2.75, 3.05) is 20.1 Å². The first-order chi connectivity index (χ1) is 5.77. The van der Waals surface area contributed by atoms with Gasteiger partial charge in [0.1, 0.15) is 5.84 Å². The van der Waals surface area contributed by atoms with Gasteiger partial charge in [-0.2, -0.15) is 0 Å². The van der Waals surface area contributed by atoms with E-state index in [-0.39, 0.29) is 0 Å². The summed E-state index contributed by atoms with van der Waals surface area (Å²) >= 11 is 0. The molecule has 0 bridgehead atoms. The molecule has 1 fully saturated rings. The van der Waals surface area contributed by atoms with Gasteiger partial charge in [0.2, 0.25) is 0 Å². The minimum Gasteiger partial charge on any atom is -0.362 e. The van der Waals surface area contributed by atoms with Crippen molar-refractivity contribution in [3.63, 3.8) is 0 Å². The van der Waals surface area contributed by atoms with E-state index in [0.717, 1.165) is 25.4 Å². The zero-order chi connectivity index (χ0) is 8.55. The van der Waals surface area contributed by atoms with Crippen LogP contribution in [-0.4, -0.2) is 36.9 Å². The van der Waals surface area contributed by atoms with Crippen molar-refractivity contribution in [3.8, 4) is 0 Å². The van der Waals surface area contributed by atoms with Crippen LogP contribution < -0.4 is 5.73 Å². The number of likely N-dealkylation sites (N-methyl/N-ethyl adjacent to an activating group) is 1. The van der Waals surface area contributed by atoms with Gasteiger partial charge < -0.3 is 10.6 Å². The Kier molecular flexibility index (Phi) is 2.05. The van der Waals surface area contributed by atoms with Gasteiger partial charge in [0.25, 0.3) is 0 Å². The Bertz CT molecular complexity index is 196. The molecule has 0 aromatic heterocycles. The maximum absolute atomic E-state index is 6.01. The van der Waals surface area contributed by atoms with Gasteiger partial charge in [0.05, 0.1) is 6.54 Å². The van der Waals surface area contributed by atoms with Crippen LogP contribution in [0.5, 0.6) is 0 Å². The van der Waals surface area contributed by atoms with E-state index >= 15 is 0 Å². The third kappa shape index (κ3) is 1.61. The SMILES string of the molecule is CN1CCN=C1CC(N)C1CC1. The van der Waals surface area contributed by atoms with Gasteiger partial charge in [-0.3, -0.25) is 4.99 Å². The summed E-state index contributed by atoms with van der Waals surface area (Å²) in [6.45, 7) is 2.04. The first-order valence-electron chi connectivity index (χ1n) is 4.77. The molecule has 1 saturated carbocycles.